The van der Waals surface area contributed by atoms with Gasteiger partial charge in [-0.2, -0.15) is 5.26 Å². The van der Waals surface area contributed by atoms with Gasteiger partial charge in [0.05, 0.1) is 24.4 Å². The van der Waals surface area contributed by atoms with E-state index in [2.05, 4.69) is 29.3 Å². The van der Waals surface area contributed by atoms with E-state index in [9.17, 15) is 5.26 Å². The Labute approximate surface area is 121 Å². The second-order valence-electron chi connectivity index (χ2n) is 5.08. The number of hydrogen-bond acceptors (Lipinski definition) is 4. The predicted octanol–water partition coefficient (Wildman–Crippen LogP) is 2.56. The van der Waals surface area contributed by atoms with Crippen molar-refractivity contribution in [3.63, 3.8) is 0 Å². The van der Waals surface area contributed by atoms with Gasteiger partial charge < -0.3 is 15.0 Å². The van der Waals surface area contributed by atoms with E-state index in [1.807, 2.05) is 18.2 Å². The summed E-state index contributed by atoms with van der Waals surface area (Å²) in [5.74, 6) is 0.958. The Morgan fingerprint density at radius 3 is 3.10 bits per heavy atom. The maximum atomic E-state index is 9.18. The number of nitrogens with zero attached hydrogens (tertiary/aromatic N) is 2. The van der Waals surface area contributed by atoms with Gasteiger partial charge in [-0.1, -0.05) is 19.1 Å². The Kier molecular flexibility index (Phi) is 5.69. The number of rotatable bonds is 6. The molecule has 1 aliphatic heterocycles. The van der Waals surface area contributed by atoms with Crippen LogP contribution in [0.25, 0.3) is 0 Å². The first kappa shape index (κ1) is 14.7. The maximum absolute atomic E-state index is 9.18. The Hall–Kier alpha value is -1.73. The van der Waals surface area contributed by atoms with Crippen LogP contribution >= 0.6 is 0 Å². The molecule has 1 aromatic carbocycles. The van der Waals surface area contributed by atoms with E-state index in [4.69, 9.17) is 4.74 Å². The topological polar surface area (TPSA) is 48.3 Å². The molecule has 1 heterocycles. The molecule has 0 bridgehead atoms. The molecule has 0 fully saturated rings. The minimum absolute atomic E-state index is 0.0636. The van der Waals surface area contributed by atoms with Crippen molar-refractivity contribution in [1.82, 2.24) is 5.32 Å². The zero-order valence-corrected chi connectivity index (χ0v) is 12.1. The zero-order valence-electron chi connectivity index (χ0n) is 12.1. The lowest BCUT2D eigenvalue weighted by Gasteiger charge is -2.25. The van der Waals surface area contributed by atoms with Crippen molar-refractivity contribution in [2.24, 2.45) is 0 Å². The summed E-state index contributed by atoms with van der Waals surface area (Å²) >= 11 is 0. The molecule has 0 aliphatic carbocycles. The zero-order chi connectivity index (χ0) is 14.2. The summed E-state index contributed by atoms with van der Waals surface area (Å²) in [6.07, 6.45) is 2.91. The molecule has 2 rings (SSSR count). The highest BCUT2D eigenvalue weighted by Gasteiger charge is 2.17. The van der Waals surface area contributed by atoms with Gasteiger partial charge in [0.15, 0.2) is 0 Å². The van der Waals surface area contributed by atoms with Gasteiger partial charge in [0.1, 0.15) is 5.75 Å². The SMILES string of the molecule is CCCNC(C#N)CCN1CCCOc2ccccc21. The van der Waals surface area contributed by atoms with E-state index in [0.717, 1.165) is 56.9 Å². The molecule has 0 saturated carbocycles. The predicted molar refractivity (Wildman–Crippen MR) is 81.1 cm³/mol. The van der Waals surface area contributed by atoms with Crippen LogP contribution in [0.4, 0.5) is 5.69 Å². The molecule has 1 aliphatic rings. The summed E-state index contributed by atoms with van der Waals surface area (Å²) in [7, 11) is 0. The van der Waals surface area contributed by atoms with Gasteiger partial charge in [-0.25, -0.2) is 0 Å². The normalized spacial score (nSPS) is 15.7. The van der Waals surface area contributed by atoms with Crippen LogP contribution in [0.1, 0.15) is 26.2 Å². The molecule has 0 saturated heterocycles. The number of anilines is 1. The highest BCUT2D eigenvalue weighted by atomic mass is 16.5. The molecule has 0 radical (unpaired) electrons. The van der Waals surface area contributed by atoms with Crippen LogP contribution in [0.15, 0.2) is 24.3 Å². The molecule has 0 amide bonds. The second-order valence-corrected chi connectivity index (χ2v) is 5.08. The fraction of sp³-hybridized carbons (Fsp3) is 0.562. The molecule has 1 atom stereocenters. The maximum Gasteiger partial charge on any atom is 0.142 e. The Morgan fingerprint density at radius 1 is 1.45 bits per heavy atom. The molecule has 4 nitrogen and oxygen atoms in total. The van der Waals surface area contributed by atoms with Crippen molar-refractivity contribution < 1.29 is 4.74 Å². The third-order valence-corrected chi connectivity index (χ3v) is 3.52. The molecule has 20 heavy (non-hydrogen) atoms. The van der Waals surface area contributed by atoms with Crippen LogP contribution in [0.2, 0.25) is 0 Å². The summed E-state index contributed by atoms with van der Waals surface area (Å²) < 4.78 is 5.75. The molecule has 108 valence electrons. The number of fused-ring (bicyclic) bond motifs is 1. The van der Waals surface area contributed by atoms with Gasteiger partial charge in [-0.15, -0.1) is 0 Å². The second kappa shape index (κ2) is 7.76. The van der Waals surface area contributed by atoms with Gasteiger partial charge in [0, 0.05) is 13.1 Å². The molecule has 4 heteroatoms. The van der Waals surface area contributed by atoms with Gasteiger partial charge in [-0.3, -0.25) is 0 Å². The van der Waals surface area contributed by atoms with E-state index in [1.54, 1.807) is 0 Å². The fourth-order valence-electron chi connectivity index (χ4n) is 2.45. The molecular formula is C16H23N3O. The minimum Gasteiger partial charge on any atom is -0.491 e. The first-order valence-corrected chi connectivity index (χ1v) is 7.45. The lowest BCUT2D eigenvalue weighted by atomic mass is 10.2. The largest absolute Gasteiger partial charge is 0.491 e. The minimum atomic E-state index is -0.0636. The number of benzene rings is 1. The monoisotopic (exact) mass is 273 g/mol. The van der Waals surface area contributed by atoms with E-state index in [0.29, 0.717) is 0 Å². The highest BCUT2D eigenvalue weighted by molar-refractivity contribution is 5.58. The average molecular weight is 273 g/mol. The molecule has 0 spiro atoms. The van der Waals surface area contributed by atoms with Gasteiger partial charge >= 0.3 is 0 Å². The van der Waals surface area contributed by atoms with Crippen LogP contribution < -0.4 is 15.0 Å². The highest BCUT2D eigenvalue weighted by Crippen LogP contribution is 2.30. The number of nitrogens with one attached hydrogen (secondary N) is 1. The van der Waals surface area contributed by atoms with Crippen molar-refractivity contribution in [3.05, 3.63) is 24.3 Å². The number of hydrogen-bond donors (Lipinski definition) is 1. The van der Waals surface area contributed by atoms with Crippen molar-refractivity contribution in [1.29, 1.82) is 5.26 Å². The van der Waals surface area contributed by atoms with Gasteiger partial charge in [-0.05, 0) is 37.9 Å². The summed E-state index contributed by atoms with van der Waals surface area (Å²) in [6.45, 7) is 5.66. The van der Waals surface area contributed by atoms with Crippen LogP contribution in [0.3, 0.4) is 0 Å². The van der Waals surface area contributed by atoms with Crippen molar-refractivity contribution in [2.75, 3.05) is 31.1 Å². The standard InChI is InChI=1S/C16H23N3O/c1-2-9-18-14(13-17)8-11-19-10-5-12-20-16-7-4-3-6-15(16)19/h3-4,6-7,14,18H,2,5,8-12H2,1H3. The van der Waals surface area contributed by atoms with Crippen LogP contribution in [0, 0.1) is 11.3 Å². The molecular weight excluding hydrogens is 250 g/mol. The van der Waals surface area contributed by atoms with E-state index < -0.39 is 0 Å². The van der Waals surface area contributed by atoms with Gasteiger partial charge in [0.25, 0.3) is 0 Å². The lowest BCUT2D eigenvalue weighted by molar-refractivity contribution is 0.322. The first-order chi connectivity index (χ1) is 9.85. The molecule has 1 aromatic rings. The Morgan fingerprint density at radius 2 is 2.30 bits per heavy atom. The summed E-state index contributed by atoms with van der Waals surface area (Å²) in [4.78, 5) is 2.33. The van der Waals surface area contributed by atoms with E-state index in [1.165, 1.54) is 0 Å². The summed E-state index contributed by atoms with van der Waals surface area (Å²) in [6, 6.07) is 10.4. The van der Waals surface area contributed by atoms with Crippen molar-refractivity contribution >= 4 is 5.69 Å². The lowest BCUT2D eigenvalue weighted by Crippen LogP contribution is -2.34. The number of nitriles is 1. The smallest absolute Gasteiger partial charge is 0.142 e. The Balaban J connectivity index is 1.97. The third-order valence-electron chi connectivity index (χ3n) is 3.52. The van der Waals surface area contributed by atoms with Crippen molar-refractivity contribution in [3.8, 4) is 11.8 Å². The third kappa shape index (κ3) is 3.88. The number of para-hydroxylation sites is 2. The first-order valence-electron chi connectivity index (χ1n) is 7.45. The molecule has 0 aromatic heterocycles. The Bertz CT molecular complexity index is 455. The van der Waals surface area contributed by atoms with E-state index >= 15 is 0 Å². The quantitative estimate of drug-likeness (QED) is 0.865. The van der Waals surface area contributed by atoms with Crippen LogP contribution in [-0.2, 0) is 0 Å². The summed E-state index contributed by atoms with van der Waals surface area (Å²) in [5.41, 5.74) is 1.15. The van der Waals surface area contributed by atoms with Crippen molar-refractivity contribution in [2.45, 2.75) is 32.2 Å². The number of ether oxygens (including phenoxy) is 1. The average Bonchev–Trinajstić information content (AvgIpc) is 2.70. The van der Waals surface area contributed by atoms with Gasteiger partial charge in [0.2, 0.25) is 0 Å². The fourth-order valence-corrected chi connectivity index (χ4v) is 2.45. The van der Waals surface area contributed by atoms with Crippen LogP contribution in [-0.4, -0.2) is 32.3 Å². The summed E-state index contributed by atoms with van der Waals surface area (Å²) in [5, 5.41) is 12.5. The van der Waals surface area contributed by atoms with Crippen LogP contribution in [0.5, 0.6) is 5.75 Å². The van der Waals surface area contributed by atoms with E-state index in [-0.39, 0.29) is 6.04 Å². The molecule has 1 unspecified atom stereocenters. The molecule has 1 N–H and O–H groups in total.